The second kappa shape index (κ2) is 8.09. The highest BCUT2D eigenvalue weighted by atomic mass is 32.2. The van der Waals surface area contributed by atoms with Gasteiger partial charge < -0.3 is 20.1 Å². The van der Waals surface area contributed by atoms with Gasteiger partial charge in [-0.1, -0.05) is 24.3 Å². The Morgan fingerprint density at radius 2 is 1.63 bits per heavy atom. The van der Waals surface area contributed by atoms with Crippen molar-refractivity contribution in [2.75, 3.05) is 23.6 Å². The van der Waals surface area contributed by atoms with Crippen LogP contribution in [0.5, 0.6) is 11.5 Å². The number of hydrogen-bond donors (Lipinski definition) is 2. The van der Waals surface area contributed by atoms with Crippen molar-refractivity contribution in [2.24, 2.45) is 0 Å². The lowest BCUT2D eigenvalue weighted by molar-refractivity contribution is -0.118. The maximum Gasteiger partial charge on any atom is 0.239 e. The Morgan fingerprint density at radius 1 is 0.926 bits per heavy atom. The molecule has 0 unspecified atom stereocenters. The lowest BCUT2D eigenvalue weighted by atomic mass is 10.2. The molecule has 0 atom stereocenters. The first-order chi connectivity index (χ1) is 12.9. The van der Waals surface area contributed by atoms with Crippen LogP contribution in [0.15, 0.2) is 48.5 Å². The number of amides is 2. The molecule has 8 nitrogen and oxygen atoms in total. The van der Waals surface area contributed by atoms with Gasteiger partial charge in [-0.25, -0.2) is 8.42 Å². The number of nitrogens with one attached hydrogen (secondary N) is 2. The molecule has 9 heteroatoms. The van der Waals surface area contributed by atoms with Crippen molar-refractivity contribution < 1.29 is 27.5 Å². The third kappa shape index (κ3) is 5.45. The van der Waals surface area contributed by atoms with Gasteiger partial charge in [-0.2, -0.15) is 0 Å². The van der Waals surface area contributed by atoms with Crippen molar-refractivity contribution in [2.45, 2.75) is 6.54 Å². The molecule has 2 N–H and O–H groups in total. The van der Waals surface area contributed by atoms with Gasteiger partial charge in [0.2, 0.25) is 18.6 Å². The van der Waals surface area contributed by atoms with E-state index in [1.807, 2.05) is 0 Å². The van der Waals surface area contributed by atoms with Crippen LogP contribution in [0.25, 0.3) is 0 Å². The number of anilines is 1. The minimum absolute atomic E-state index is 0.140. The van der Waals surface area contributed by atoms with Crippen LogP contribution in [0.3, 0.4) is 0 Å². The quantitative estimate of drug-likeness (QED) is 0.732. The van der Waals surface area contributed by atoms with Gasteiger partial charge in [-0.3, -0.25) is 9.59 Å². The molecule has 0 aromatic heterocycles. The largest absolute Gasteiger partial charge is 0.454 e. The molecule has 0 saturated carbocycles. The number of fused-ring (bicyclic) bond motifs is 1. The van der Waals surface area contributed by atoms with Gasteiger partial charge in [0.05, 0.1) is 0 Å². The SMILES string of the molecule is O=C(CS(=O)(=O)CC(=O)Nc1ccccc1)NCc1ccc2c(c1)OCO2. The monoisotopic (exact) mass is 390 g/mol. The Labute approximate surface area is 156 Å². The summed E-state index contributed by atoms with van der Waals surface area (Å²) < 4.78 is 34.5. The van der Waals surface area contributed by atoms with E-state index in [2.05, 4.69) is 10.6 Å². The van der Waals surface area contributed by atoms with Crippen LogP contribution in [-0.4, -0.2) is 38.5 Å². The third-order valence-electron chi connectivity index (χ3n) is 3.69. The van der Waals surface area contributed by atoms with Crippen LogP contribution >= 0.6 is 0 Å². The van der Waals surface area contributed by atoms with E-state index >= 15 is 0 Å². The minimum Gasteiger partial charge on any atom is -0.454 e. The zero-order valence-electron chi connectivity index (χ0n) is 14.3. The number of benzene rings is 2. The minimum atomic E-state index is -3.88. The van der Waals surface area contributed by atoms with E-state index in [0.29, 0.717) is 17.2 Å². The summed E-state index contributed by atoms with van der Waals surface area (Å²) in [5.74, 6) is -1.70. The van der Waals surface area contributed by atoms with Crippen LogP contribution in [0, 0.1) is 0 Å². The van der Waals surface area contributed by atoms with Gasteiger partial charge >= 0.3 is 0 Å². The van der Waals surface area contributed by atoms with E-state index in [0.717, 1.165) is 5.56 Å². The van der Waals surface area contributed by atoms with E-state index in [1.165, 1.54) is 0 Å². The third-order valence-corrected chi connectivity index (χ3v) is 5.09. The molecule has 0 bridgehead atoms. The van der Waals surface area contributed by atoms with Crippen LogP contribution < -0.4 is 20.1 Å². The van der Waals surface area contributed by atoms with Crippen LogP contribution in [0.2, 0.25) is 0 Å². The average molecular weight is 390 g/mol. The summed E-state index contributed by atoms with van der Waals surface area (Å²) >= 11 is 0. The molecule has 2 aromatic carbocycles. The summed E-state index contributed by atoms with van der Waals surface area (Å²) in [6.07, 6.45) is 0. The second-order valence-electron chi connectivity index (χ2n) is 5.91. The fourth-order valence-electron chi connectivity index (χ4n) is 2.47. The van der Waals surface area contributed by atoms with E-state index < -0.39 is 33.2 Å². The van der Waals surface area contributed by atoms with Crippen LogP contribution in [0.1, 0.15) is 5.56 Å². The van der Waals surface area contributed by atoms with Crippen molar-refractivity contribution in [1.29, 1.82) is 0 Å². The van der Waals surface area contributed by atoms with Gasteiger partial charge in [-0.05, 0) is 29.8 Å². The second-order valence-corrected chi connectivity index (χ2v) is 7.98. The molecule has 0 fully saturated rings. The van der Waals surface area contributed by atoms with Crippen molar-refractivity contribution in [3.05, 3.63) is 54.1 Å². The number of sulfone groups is 1. The molecule has 27 heavy (non-hydrogen) atoms. The van der Waals surface area contributed by atoms with Crippen LogP contribution in [0.4, 0.5) is 5.69 Å². The Balaban J connectivity index is 1.48. The summed E-state index contributed by atoms with van der Waals surface area (Å²) in [6.45, 7) is 0.287. The Morgan fingerprint density at radius 3 is 2.41 bits per heavy atom. The number of carbonyl (C=O) groups is 2. The molecule has 0 aliphatic carbocycles. The molecule has 0 spiro atoms. The standard InChI is InChI=1S/C18H18N2O6S/c21-17(19-9-13-6-7-15-16(8-13)26-12-25-15)10-27(23,24)11-18(22)20-14-4-2-1-3-5-14/h1-8H,9-12H2,(H,19,21)(H,20,22). The maximum atomic E-state index is 12.0. The van der Waals surface area contributed by atoms with Crippen molar-refractivity contribution in [3.63, 3.8) is 0 Å². The van der Waals surface area contributed by atoms with Crippen LogP contribution in [-0.2, 0) is 26.0 Å². The molecule has 142 valence electrons. The molecule has 1 aliphatic heterocycles. The highest BCUT2D eigenvalue weighted by molar-refractivity contribution is 7.92. The fourth-order valence-corrected chi connectivity index (χ4v) is 3.55. The molecule has 1 heterocycles. The molecule has 0 saturated heterocycles. The average Bonchev–Trinajstić information content (AvgIpc) is 3.07. The summed E-state index contributed by atoms with van der Waals surface area (Å²) in [5.41, 5.74) is 1.23. The summed E-state index contributed by atoms with van der Waals surface area (Å²) in [4.78, 5) is 23.8. The molecule has 2 amide bonds. The Bertz CT molecular complexity index is 944. The molecule has 1 aliphatic rings. The van der Waals surface area contributed by atoms with Gasteiger partial charge in [0.1, 0.15) is 11.5 Å². The highest BCUT2D eigenvalue weighted by Crippen LogP contribution is 2.32. The lowest BCUT2D eigenvalue weighted by Gasteiger charge is -2.08. The van der Waals surface area contributed by atoms with Crippen molar-refractivity contribution in [1.82, 2.24) is 5.32 Å². The summed E-state index contributed by atoms with van der Waals surface area (Å²) in [6, 6.07) is 13.7. The predicted molar refractivity (Wildman–Crippen MR) is 98.1 cm³/mol. The zero-order chi connectivity index (χ0) is 19.3. The molecule has 2 aromatic rings. The first-order valence-electron chi connectivity index (χ1n) is 8.12. The predicted octanol–water partition coefficient (Wildman–Crippen LogP) is 1.08. The zero-order valence-corrected chi connectivity index (χ0v) is 15.1. The normalized spacial score (nSPS) is 12.4. The Hall–Kier alpha value is -3.07. The summed E-state index contributed by atoms with van der Waals surface area (Å²) in [7, 11) is -3.88. The van der Waals surface area contributed by atoms with E-state index in [9.17, 15) is 18.0 Å². The smallest absolute Gasteiger partial charge is 0.239 e. The van der Waals surface area contributed by atoms with E-state index in [4.69, 9.17) is 9.47 Å². The topological polar surface area (TPSA) is 111 Å². The number of carbonyl (C=O) groups excluding carboxylic acids is 2. The lowest BCUT2D eigenvalue weighted by Crippen LogP contribution is -2.33. The van der Waals surface area contributed by atoms with E-state index in [1.54, 1.807) is 48.5 Å². The number of ether oxygens (including phenoxy) is 2. The van der Waals surface area contributed by atoms with E-state index in [-0.39, 0.29) is 13.3 Å². The number of para-hydroxylation sites is 1. The van der Waals surface area contributed by atoms with Crippen molar-refractivity contribution >= 4 is 27.3 Å². The first kappa shape index (κ1) is 18.7. The molecule has 3 rings (SSSR count). The molecular formula is C18H18N2O6S. The first-order valence-corrected chi connectivity index (χ1v) is 9.94. The van der Waals surface area contributed by atoms with Gasteiger partial charge in [-0.15, -0.1) is 0 Å². The summed E-state index contributed by atoms with van der Waals surface area (Å²) in [5, 5.41) is 5.00. The number of hydrogen-bond acceptors (Lipinski definition) is 6. The van der Waals surface area contributed by atoms with Crippen molar-refractivity contribution in [3.8, 4) is 11.5 Å². The maximum absolute atomic E-state index is 12.0. The molecular weight excluding hydrogens is 372 g/mol. The van der Waals surface area contributed by atoms with Gasteiger partial charge in [0, 0.05) is 12.2 Å². The van der Waals surface area contributed by atoms with Gasteiger partial charge in [0.15, 0.2) is 21.3 Å². The number of rotatable bonds is 7. The fraction of sp³-hybridized carbons (Fsp3) is 0.222. The highest BCUT2D eigenvalue weighted by Gasteiger charge is 2.21. The van der Waals surface area contributed by atoms with Gasteiger partial charge in [0.25, 0.3) is 0 Å². The Kier molecular flexibility index (Phi) is 5.60. The molecule has 0 radical (unpaired) electrons.